The average molecular weight is 218 g/mol. The van der Waals surface area contributed by atoms with E-state index in [1.165, 1.54) is 5.56 Å². The zero-order chi connectivity index (χ0) is 11.4. The molecule has 1 N–H and O–H groups in total. The van der Waals surface area contributed by atoms with Gasteiger partial charge in [-0.25, -0.2) is 0 Å². The largest absolute Gasteiger partial charge is 0.359 e. The molecule has 0 aliphatic carbocycles. The SMILES string of the molecule is CNC(=O)[C@@H]1CCN(Cc2ccccc2)C1. The molecule has 1 heterocycles. The molecule has 1 saturated heterocycles. The first-order chi connectivity index (χ1) is 7.79. The Morgan fingerprint density at radius 1 is 1.44 bits per heavy atom. The number of likely N-dealkylation sites (tertiary alicyclic amines) is 1. The molecular weight excluding hydrogens is 200 g/mol. The zero-order valence-corrected chi connectivity index (χ0v) is 9.65. The van der Waals surface area contributed by atoms with Crippen molar-refractivity contribution in [3.8, 4) is 0 Å². The molecule has 3 nitrogen and oxygen atoms in total. The fourth-order valence-electron chi connectivity index (χ4n) is 2.24. The molecular formula is C13H18N2O. The van der Waals surface area contributed by atoms with Gasteiger partial charge in [-0.3, -0.25) is 9.69 Å². The summed E-state index contributed by atoms with van der Waals surface area (Å²) in [6.45, 7) is 2.86. The topological polar surface area (TPSA) is 32.3 Å². The number of nitrogens with zero attached hydrogens (tertiary/aromatic N) is 1. The first-order valence-corrected chi connectivity index (χ1v) is 5.77. The Kier molecular flexibility index (Phi) is 3.57. The van der Waals surface area contributed by atoms with Crippen molar-refractivity contribution in [2.45, 2.75) is 13.0 Å². The van der Waals surface area contributed by atoms with E-state index >= 15 is 0 Å². The number of carbonyl (C=O) groups excluding carboxylic acids is 1. The predicted octanol–water partition coefficient (Wildman–Crippen LogP) is 1.25. The highest BCUT2D eigenvalue weighted by Gasteiger charge is 2.27. The van der Waals surface area contributed by atoms with Gasteiger partial charge >= 0.3 is 0 Å². The molecule has 1 aliphatic heterocycles. The van der Waals surface area contributed by atoms with Crippen molar-refractivity contribution in [1.29, 1.82) is 0 Å². The number of hydrogen-bond donors (Lipinski definition) is 1. The van der Waals surface area contributed by atoms with E-state index in [9.17, 15) is 4.79 Å². The molecule has 1 fully saturated rings. The smallest absolute Gasteiger partial charge is 0.224 e. The van der Waals surface area contributed by atoms with Crippen molar-refractivity contribution in [2.24, 2.45) is 5.92 Å². The van der Waals surface area contributed by atoms with Crippen LogP contribution in [-0.2, 0) is 11.3 Å². The van der Waals surface area contributed by atoms with Gasteiger partial charge in [0.25, 0.3) is 0 Å². The maximum absolute atomic E-state index is 11.5. The van der Waals surface area contributed by atoms with Crippen molar-refractivity contribution in [3.63, 3.8) is 0 Å². The first-order valence-electron chi connectivity index (χ1n) is 5.77. The Morgan fingerprint density at radius 3 is 2.88 bits per heavy atom. The second-order valence-corrected chi connectivity index (χ2v) is 4.32. The average Bonchev–Trinajstić information content (AvgIpc) is 2.78. The molecule has 1 atom stereocenters. The summed E-state index contributed by atoms with van der Waals surface area (Å²) >= 11 is 0. The Morgan fingerprint density at radius 2 is 2.19 bits per heavy atom. The molecule has 86 valence electrons. The Balaban J connectivity index is 1.88. The number of hydrogen-bond acceptors (Lipinski definition) is 2. The Hall–Kier alpha value is -1.35. The molecule has 0 unspecified atom stereocenters. The molecule has 16 heavy (non-hydrogen) atoms. The quantitative estimate of drug-likeness (QED) is 0.828. The lowest BCUT2D eigenvalue weighted by Crippen LogP contribution is -2.30. The van der Waals surface area contributed by atoms with Crippen LogP contribution >= 0.6 is 0 Å². The normalized spacial score (nSPS) is 20.9. The second kappa shape index (κ2) is 5.12. The fourth-order valence-corrected chi connectivity index (χ4v) is 2.24. The van der Waals surface area contributed by atoms with Gasteiger partial charge in [0.1, 0.15) is 0 Å². The van der Waals surface area contributed by atoms with Crippen LogP contribution in [0.5, 0.6) is 0 Å². The van der Waals surface area contributed by atoms with Gasteiger partial charge in [-0.1, -0.05) is 30.3 Å². The lowest BCUT2D eigenvalue weighted by molar-refractivity contribution is -0.124. The van der Waals surface area contributed by atoms with E-state index in [1.807, 2.05) is 6.07 Å². The van der Waals surface area contributed by atoms with Gasteiger partial charge in [0, 0.05) is 20.1 Å². The van der Waals surface area contributed by atoms with Crippen LogP contribution in [0.4, 0.5) is 0 Å². The molecule has 0 aromatic heterocycles. The van der Waals surface area contributed by atoms with Crippen LogP contribution in [0.1, 0.15) is 12.0 Å². The van der Waals surface area contributed by atoms with E-state index in [1.54, 1.807) is 7.05 Å². The minimum Gasteiger partial charge on any atom is -0.359 e. The number of rotatable bonds is 3. The maximum atomic E-state index is 11.5. The van der Waals surface area contributed by atoms with Gasteiger partial charge in [0.15, 0.2) is 0 Å². The highest BCUT2D eigenvalue weighted by molar-refractivity contribution is 5.78. The standard InChI is InChI=1S/C13H18N2O/c1-14-13(16)12-7-8-15(10-12)9-11-5-3-2-4-6-11/h2-6,12H,7-10H2,1H3,(H,14,16)/t12-/m1/s1. The van der Waals surface area contributed by atoms with Gasteiger partial charge in [-0.15, -0.1) is 0 Å². The summed E-state index contributed by atoms with van der Waals surface area (Å²) in [6, 6.07) is 10.4. The summed E-state index contributed by atoms with van der Waals surface area (Å²) in [7, 11) is 1.71. The minimum absolute atomic E-state index is 0.175. The van der Waals surface area contributed by atoms with Gasteiger partial charge < -0.3 is 5.32 Å². The summed E-state index contributed by atoms with van der Waals surface area (Å²) < 4.78 is 0. The van der Waals surface area contributed by atoms with E-state index in [2.05, 4.69) is 34.5 Å². The number of carbonyl (C=O) groups is 1. The van der Waals surface area contributed by atoms with Crippen molar-refractivity contribution in [1.82, 2.24) is 10.2 Å². The number of benzene rings is 1. The van der Waals surface area contributed by atoms with Crippen LogP contribution in [0, 0.1) is 5.92 Å². The number of nitrogens with one attached hydrogen (secondary N) is 1. The van der Waals surface area contributed by atoms with Crippen molar-refractivity contribution in [3.05, 3.63) is 35.9 Å². The fraction of sp³-hybridized carbons (Fsp3) is 0.462. The first kappa shape index (κ1) is 11.1. The highest BCUT2D eigenvalue weighted by atomic mass is 16.1. The zero-order valence-electron chi connectivity index (χ0n) is 9.65. The third-order valence-corrected chi connectivity index (χ3v) is 3.14. The molecule has 1 aliphatic rings. The lowest BCUT2D eigenvalue weighted by Gasteiger charge is -2.15. The van der Waals surface area contributed by atoms with Crippen LogP contribution in [0.25, 0.3) is 0 Å². The summed E-state index contributed by atoms with van der Waals surface area (Å²) in [5, 5.41) is 2.73. The van der Waals surface area contributed by atoms with E-state index in [-0.39, 0.29) is 11.8 Å². The van der Waals surface area contributed by atoms with Gasteiger partial charge in [0.2, 0.25) is 5.91 Å². The third kappa shape index (κ3) is 2.61. The Labute approximate surface area is 96.5 Å². The molecule has 1 amide bonds. The monoisotopic (exact) mass is 218 g/mol. The Bertz CT molecular complexity index is 350. The highest BCUT2D eigenvalue weighted by Crippen LogP contribution is 2.18. The van der Waals surface area contributed by atoms with Crippen LogP contribution in [-0.4, -0.2) is 30.9 Å². The van der Waals surface area contributed by atoms with E-state index in [0.717, 1.165) is 26.1 Å². The summed E-state index contributed by atoms with van der Waals surface area (Å²) in [6.07, 6.45) is 0.979. The minimum atomic E-state index is 0.175. The van der Waals surface area contributed by atoms with Gasteiger partial charge in [-0.2, -0.15) is 0 Å². The predicted molar refractivity (Wildman–Crippen MR) is 63.9 cm³/mol. The number of amides is 1. The molecule has 0 radical (unpaired) electrons. The molecule has 3 heteroatoms. The molecule has 2 rings (SSSR count). The van der Waals surface area contributed by atoms with E-state index < -0.39 is 0 Å². The van der Waals surface area contributed by atoms with Gasteiger partial charge in [0.05, 0.1) is 5.92 Å². The van der Waals surface area contributed by atoms with Crippen LogP contribution in [0.2, 0.25) is 0 Å². The van der Waals surface area contributed by atoms with Crippen LogP contribution in [0.3, 0.4) is 0 Å². The van der Waals surface area contributed by atoms with E-state index in [4.69, 9.17) is 0 Å². The third-order valence-electron chi connectivity index (χ3n) is 3.14. The summed E-state index contributed by atoms with van der Waals surface area (Å²) in [4.78, 5) is 13.8. The summed E-state index contributed by atoms with van der Waals surface area (Å²) in [5.41, 5.74) is 1.32. The van der Waals surface area contributed by atoms with Crippen LogP contribution in [0.15, 0.2) is 30.3 Å². The summed E-state index contributed by atoms with van der Waals surface area (Å²) in [5.74, 6) is 0.351. The lowest BCUT2D eigenvalue weighted by atomic mass is 10.1. The molecule has 1 aromatic carbocycles. The van der Waals surface area contributed by atoms with Crippen molar-refractivity contribution in [2.75, 3.05) is 20.1 Å². The molecule has 0 saturated carbocycles. The molecule has 1 aromatic rings. The molecule has 0 bridgehead atoms. The van der Waals surface area contributed by atoms with E-state index in [0.29, 0.717) is 0 Å². The van der Waals surface area contributed by atoms with Gasteiger partial charge in [-0.05, 0) is 18.5 Å². The molecule has 0 spiro atoms. The maximum Gasteiger partial charge on any atom is 0.224 e. The van der Waals surface area contributed by atoms with Crippen LogP contribution < -0.4 is 5.32 Å². The van der Waals surface area contributed by atoms with Crippen molar-refractivity contribution >= 4 is 5.91 Å². The second-order valence-electron chi connectivity index (χ2n) is 4.32. The van der Waals surface area contributed by atoms with Crippen molar-refractivity contribution < 1.29 is 4.79 Å².